The first kappa shape index (κ1) is 11.2. The average Bonchev–Trinajstić information content (AvgIpc) is 2.28. The second-order valence-corrected chi connectivity index (χ2v) is 5.31. The molecule has 2 aliphatic rings. The van der Waals surface area contributed by atoms with Crippen LogP contribution in [0.25, 0.3) is 0 Å². The predicted octanol–water partition coefficient (Wildman–Crippen LogP) is 1.37. The lowest BCUT2D eigenvalue weighted by Crippen LogP contribution is -2.58. The van der Waals surface area contributed by atoms with Crippen LogP contribution in [0.1, 0.15) is 11.6 Å². The first-order chi connectivity index (χ1) is 8.24. The second-order valence-electron chi connectivity index (χ2n) is 5.31. The van der Waals surface area contributed by atoms with Crippen LogP contribution in [-0.4, -0.2) is 55.7 Å². The molecule has 0 amide bonds. The van der Waals surface area contributed by atoms with Gasteiger partial charge in [0, 0.05) is 19.6 Å². The maximum atomic E-state index is 6.15. The molecule has 2 unspecified atom stereocenters. The number of morpholine rings is 2. The van der Waals surface area contributed by atoms with Gasteiger partial charge in [0.05, 0.1) is 18.2 Å². The summed E-state index contributed by atoms with van der Waals surface area (Å²) in [7, 11) is 4.40. The molecule has 92 valence electrons. The Morgan fingerprint density at radius 3 is 2.59 bits per heavy atom. The van der Waals surface area contributed by atoms with Crippen molar-refractivity contribution in [1.29, 1.82) is 0 Å². The Labute approximate surface area is 103 Å². The van der Waals surface area contributed by atoms with Gasteiger partial charge in [-0.25, -0.2) is 0 Å². The van der Waals surface area contributed by atoms with Crippen molar-refractivity contribution in [2.24, 2.45) is 0 Å². The van der Waals surface area contributed by atoms with E-state index < -0.39 is 0 Å². The zero-order valence-corrected chi connectivity index (χ0v) is 10.5. The summed E-state index contributed by atoms with van der Waals surface area (Å²) in [5.74, 6) is 0. The normalized spacial score (nSPS) is 34.8. The highest BCUT2D eigenvalue weighted by Gasteiger charge is 2.39. The molecule has 0 radical (unpaired) electrons. The van der Waals surface area contributed by atoms with E-state index in [9.17, 15) is 0 Å². The number of likely N-dealkylation sites (N-methyl/N-ethyl adjacent to an activating group) is 2. The van der Waals surface area contributed by atoms with E-state index in [1.165, 1.54) is 5.56 Å². The van der Waals surface area contributed by atoms with Crippen LogP contribution in [0.2, 0.25) is 0 Å². The molecule has 1 aromatic carbocycles. The highest BCUT2D eigenvalue weighted by atomic mass is 16.5. The number of hydrogen-bond acceptors (Lipinski definition) is 3. The predicted molar refractivity (Wildman–Crippen MR) is 68.0 cm³/mol. The van der Waals surface area contributed by atoms with Crippen LogP contribution >= 0.6 is 0 Å². The summed E-state index contributed by atoms with van der Waals surface area (Å²) < 4.78 is 6.15. The summed E-state index contributed by atoms with van der Waals surface area (Å²) in [4.78, 5) is 4.84. The fourth-order valence-corrected chi connectivity index (χ4v) is 3.18. The second kappa shape index (κ2) is 4.41. The fraction of sp³-hybridized carbons (Fsp3) is 0.571. The molecular weight excluding hydrogens is 212 g/mol. The van der Waals surface area contributed by atoms with Crippen LogP contribution < -0.4 is 0 Å². The molecule has 3 rings (SSSR count). The topological polar surface area (TPSA) is 15.7 Å². The highest BCUT2D eigenvalue weighted by Crippen LogP contribution is 2.33. The van der Waals surface area contributed by atoms with Gasteiger partial charge in [-0.2, -0.15) is 0 Å². The molecule has 2 saturated heterocycles. The zero-order chi connectivity index (χ0) is 11.8. The van der Waals surface area contributed by atoms with Crippen LogP contribution in [0, 0.1) is 0 Å². The lowest BCUT2D eigenvalue weighted by molar-refractivity contribution is -0.158. The third-order valence-electron chi connectivity index (χ3n) is 3.83. The SMILES string of the molecule is CN1CC2CN(C)[C@H](c3ccccc3)C(C1)O2. The van der Waals surface area contributed by atoms with E-state index in [-0.39, 0.29) is 0 Å². The third-order valence-corrected chi connectivity index (χ3v) is 3.83. The van der Waals surface area contributed by atoms with E-state index >= 15 is 0 Å². The van der Waals surface area contributed by atoms with Crippen LogP contribution in [0.5, 0.6) is 0 Å². The Kier molecular flexibility index (Phi) is 2.90. The molecule has 3 nitrogen and oxygen atoms in total. The highest BCUT2D eigenvalue weighted by molar-refractivity contribution is 5.21. The van der Waals surface area contributed by atoms with Crippen molar-refractivity contribution in [2.75, 3.05) is 33.7 Å². The van der Waals surface area contributed by atoms with Crippen LogP contribution in [0.15, 0.2) is 30.3 Å². The molecule has 0 spiro atoms. The van der Waals surface area contributed by atoms with Crippen molar-refractivity contribution in [3.05, 3.63) is 35.9 Å². The first-order valence-electron chi connectivity index (χ1n) is 6.33. The average molecular weight is 232 g/mol. The monoisotopic (exact) mass is 232 g/mol. The fourth-order valence-electron chi connectivity index (χ4n) is 3.18. The largest absolute Gasteiger partial charge is 0.369 e. The third kappa shape index (κ3) is 2.10. The summed E-state index contributed by atoms with van der Waals surface area (Å²) in [6, 6.07) is 11.1. The molecule has 0 aliphatic carbocycles. The molecule has 1 aromatic rings. The van der Waals surface area contributed by atoms with Crippen molar-refractivity contribution in [2.45, 2.75) is 18.2 Å². The van der Waals surface area contributed by atoms with E-state index in [0.717, 1.165) is 19.6 Å². The lowest BCUT2D eigenvalue weighted by Gasteiger charge is -2.48. The summed E-state index contributed by atoms with van der Waals surface area (Å²) in [6.45, 7) is 3.11. The molecule has 2 fully saturated rings. The Hall–Kier alpha value is -0.900. The lowest BCUT2D eigenvalue weighted by atomic mass is 9.95. The molecule has 17 heavy (non-hydrogen) atoms. The van der Waals surface area contributed by atoms with E-state index in [4.69, 9.17) is 4.74 Å². The number of nitrogens with zero attached hydrogens (tertiary/aromatic N) is 2. The standard InChI is InChI=1S/C14H20N2O/c1-15-8-12-9-16(2)14(13(10-15)17-12)11-6-4-3-5-7-11/h3-7,12-14H,8-10H2,1-2H3/t12?,13?,14-/m1/s1. The van der Waals surface area contributed by atoms with Gasteiger partial charge in [0.25, 0.3) is 0 Å². The molecule has 2 heterocycles. The van der Waals surface area contributed by atoms with Gasteiger partial charge in [-0.15, -0.1) is 0 Å². The summed E-state index contributed by atoms with van der Waals surface area (Å²) in [5.41, 5.74) is 1.37. The smallest absolute Gasteiger partial charge is 0.0903 e. The van der Waals surface area contributed by atoms with Gasteiger partial charge >= 0.3 is 0 Å². The molecule has 0 saturated carbocycles. The molecular formula is C14H20N2O. The molecule has 2 aliphatic heterocycles. The minimum atomic E-state index is 0.305. The number of rotatable bonds is 1. The van der Waals surface area contributed by atoms with Gasteiger partial charge in [-0.3, -0.25) is 4.90 Å². The van der Waals surface area contributed by atoms with Crippen molar-refractivity contribution in [3.63, 3.8) is 0 Å². The number of benzene rings is 1. The molecule has 0 aromatic heterocycles. The van der Waals surface area contributed by atoms with Gasteiger partial charge in [0.15, 0.2) is 0 Å². The Morgan fingerprint density at radius 1 is 1.06 bits per heavy atom. The number of fused-ring (bicyclic) bond motifs is 2. The van der Waals surface area contributed by atoms with Crippen LogP contribution in [-0.2, 0) is 4.74 Å². The molecule has 3 heteroatoms. The minimum absolute atomic E-state index is 0.305. The van der Waals surface area contributed by atoms with Gasteiger partial charge in [-0.05, 0) is 19.7 Å². The van der Waals surface area contributed by atoms with Crippen molar-refractivity contribution in [3.8, 4) is 0 Å². The summed E-state index contributed by atoms with van der Waals surface area (Å²) >= 11 is 0. The van der Waals surface area contributed by atoms with E-state index in [2.05, 4.69) is 54.2 Å². The Balaban J connectivity index is 1.88. The Morgan fingerprint density at radius 2 is 1.82 bits per heavy atom. The minimum Gasteiger partial charge on any atom is -0.369 e. The maximum absolute atomic E-state index is 6.15. The van der Waals surface area contributed by atoms with Gasteiger partial charge in [-0.1, -0.05) is 30.3 Å². The summed E-state index contributed by atoms with van der Waals surface area (Å²) in [6.07, 6.45) is 0.684. The number of ether oxygens (including phenoxy) is 1. The van der Waals surface area contributed by atoms with Crippen LogP contribution in [0.3, 0.4) is 0 Å². The molecule has 2 bridgehead atoms. The first-order valence-corrected chi connectivity index (χ1v) is 6.33. The van der Waals surface area contributed by atoms with Crippen molar-refractivity contribution >= 4 is 0 Å². The maximum Gasteiger partial charge on any atom is 0.0903 e. The van der Waals surface area contributed by atoms with E-state index in [0.29, 0.717) is 18.2 Å². The molecule has 0 N–H and O–H groups in total. The van der Waals surface area contributed by atoms with Crippen molar-refractivity contribution in [1.82, 2.24) is 9.80 Å². The summed E-state index contributed by atoms with van der Waals surface area (Å²) in [5, 5.41) is 0. The van der Waals surface area contributed by atoms with E-state index in [1.807, 2.05) is 0 Å². The quantitative estimate of drug-likeness (QED) is 0.727. The van der Waals surface area contributed by atoms with Gasteiger partial charge in [0.1, 0.15) is 0 Å². The van der Waals surface area contributed by atoms with Gasteiger partial charge < -0.3 is 9.64 Å². The van der Waals surface area contributed by atoms with Crippen LogP contribution in [0.4, 0.5) is 0 Å². The van der Waals surface area contributed by atoms with E-state index in [1.54, 1.807) is 0 Å². The Bertz CT molecular complexity index is 377. The van der Waals surface area contributed by atoms with Crippen molar-refractivity contribution < 1.29 is 4.74 Å². The molecule has 3 atom stereocenters. The number of hydrogen-bond donors (Lipinski definition) is 0. The van der Waals surface area contributed by atoms with Gasteiger partial charge in [0.2, 0.25) is 0 Å². The zero-order valence-electron chi connectivity index (χ0n) is 10.5.